The van der Waals surface area contributed by atoms with Gasteiger partial charge in [-0.05, 0) is 36.8 Å². The van der Waals surface area contributed by atoms with Crippen molar-refractivity contribution < 1.29 is 18.7 Å². The molecular weight excluding hydrogens is 321 g/mol. The number of rotatable bonds is 5. The molecule has 1 atom stereocenters. The van der Waals surface area contributed by atoms with Crippen LogP contribution in [0.1, 0.15) is 28.9 Å². The topological polar surface area (TPSA) is 47.6 Å². The number of carbonyl (C=O) groups is 1. The van der Waals surface area contributed by atoms with Gasteiger partial charge in [0.05, 0.1) is 30.8 Å². The first-order valence-electron chi connectivity index (χ1n) is 6.94. The molecule has 4 nitrogen and oxygen atoms in total. The Hall–Kier alpha value is -2.27. The lowest BCUT2D eigenvalue weighted by molar-refractivity contribution is 0.0936. The molecule has 0 radical (unpaired) electrons. The molecule has 0 aliphatic heterocycles. The molecule has 122 valence electrons. The summed E-state index contributed by atoms with van der Waals surface area (Å²) < 4.78 is 24.2. The minimum absolute atomic E-state index is 0.0713. The van der Waals surface area contributed by atoms with Crippen molar-refractivity contribution in [1.29, 1.82) is 0 Å². The van der Waals surface area contributed by atoms with Crippen LogP contribution >= 0.6 is 11.6 Å². The first-order valence-corrected chi connectivity index (χ1v) is 7.32. The highest BCUT2D eigenvalue weighted by Crippen LogP contribution is 2.30. The number of carbonyl (C=O) groups excluding carboxylic acids is 1. The zero-order chi connectivity index (χ0) is 17.0. The highest BCUT2D eigenvalue weighted by Gasteiger charge is 2.19. The number of halogens is 2. The Bertz CT molecular complexity index is 701. The second-order valence-electron chi connectivity index (χ2n) is 4.91. The second-order valence-corrected chi connectivity index (χ2v) is 5.31. The predicted molar refractivity (Wildman–Crippen MR) is 86.8 cm³/mol. The minimum Gasteiger partial charge on any atom is -0.493 e. The molecule has 0 spiro atoms. The summed E-state index contributed by atoms with van der Waals surface area (Å²) in [6.45, 7) is 1.79. The highest BCUT2D eigenvalue weighted by molar-refractivity contribution is 6.33. The van der Waals surface area contributed by atoms with Crippen molar-refractivity contribution in [3.63, 3.8) is 0 Å². The first kappa shape index (κ1) is 17.1. The van der Waals surface area contributed by atoms with Gasteiger partial charge in [0.2, 0.25) is 0 Å². The van der Waals surface area contributed by atoms with Crippen LogP contribution in [0.2, 0.25) is 5.02 Å². The lowest BCUT2D eigenvalue weighted by Gasteiger charge is -2.17. The molecule has 0 aliphatic rings. The van der Waals surface area contributed by atoms with Gasteiger partial charge in [-0.1, -0.05) is 23.7 Å². The Balaban J connectivity index is 2.22. The monoisotopic (exact) mass is 337 g/mol. The summed E-state index contributed by atoms with van der Waals surface area (Å²) in [6.07, 6.45) is 0. The van der Waals surface area contributed by atoms with E-state index in [9.17, 15) is 9.18 Å². The van der Waals surface area contributed by atoms with Crippen molar-refractivity contribution in [3.05, 3.63) is 58.4 Å². The van der Waals surface area contributed by atoms with Crippen LogP contribution in [-0.2, 0) is 0 Å². The number of hydrogen-bond acceptors (Lipinski definition) is 3. The fraction of sp³-hybridized carbons (Fsp3) is 0.235. The number of hydrogen-bond donors (Lipinski definition) is 1. The standard InChI is InChI=1S/C17H17ClFNO3/c1-10(11-7-8-14(22-2)15(9-11)23-3)20-17(21)16-12(18)5-4-6-13(16)19/h4-10H,1-3H3,(H,20,21)/t10-/m1/s1. The van der Waals surface area contributed by atoms with E-state index in [4.69, 9.17) is 21.1 Å². The Kier molecular flexibility index (Phi) is 5.45. The predicted octanol–water partition coefficient (Wildman–Crippen LogP) is 3.99. The van der Waals surface area contributed by atoms with Crippen LogP contribution in [0.4, 0.5) is 4.39 Å². The van der Waals surface area contributed by atoms with E-state index in [0.717, 1.165) is 5.56 Å². The van der Waals surface area contributed by atoms with Crippen molar-refractivity contribution in [2.45, 2.75) is 13.0 Å². The maximum atomic E-state index is 13.8. The second kappa shape index (κ2) is 7.33. The normalized spacial score (nSPS) is 11.7. The lowest BCUT2D eigenvalue weighted by atomic mass is 10.1. The van der Waals surface area contributed by atoms with Crippen LogP contribution < -0.4 is 14.8 Å². The fourth-order valence-electron chi connectivity index (χ4n) is 2.19. The fourth-order valence-corrected chi connectivity index (χ4v) is 2.44. The maximum absolute atomic E-state index is 13.8. The SMILES string of the molecule is COc1ccc([C@@H](C)NC(=O)c2c(F)cccc2Cl)cc1OC. The maximum Gasteiger partial charge on any atom is 0.256 e. The molecule has 1 amide bonds. The van der Waals surface area contributed by atoms with Gasteiger partial charge in [-0.15, -0.1) is 0 Å². The average molecular weight is 338 g/mol. The number of nitrogens with one attached hydrogen (secondary N) is 1. The molecule has 2 aromatic carbocycles. The van der Waals surface area contributed by atoms with Crippen LogP contribution in [0.3, 0.4) is 0 Å². The lowest BCUT2D eigenvalue weighted by Crippen LogP contribution is -2.27. The van der Waals surface area contributed by atoms with E-state index in [0.29, 0.717) is 11.5 Å². The van der Waals surface area contributed by atoms with Gasteiger partial charge in [-0.2, -0.15) is 0 Å². The summed E-state index contributed by atoms with van der Waals surface area (Å²) in [6, 6.07) is 9.06. The third-order valence-electron chi connectivity index (χ3n) is 3.45. The summed E-state index contributed by atoms with van der Waals surface area (Å²) in [4.78, 5) is 12.3. The third-order valence-corrected chi connectivity index (χ3v) is 3.76. The molecule has 2 rings (SSSR count). The molecule has 0 bridgehead atoms. The van der Waals surface area contributed by atoms with Gasteiger partial charge >= 0.3 is 0 Å². The molecule has 0 heterocycles. The Morgan fingerprint density at radius 1 is 1.17 bits per heavy atom. The van der Waals surface area contributed by atoms with Crippen molar-refractivity contribution in [2.75, 3.05) is 14.2 Å². The smallest absolute Gasteiger partial charge is 0.256 e. The molecule has 0 unspecified atom stereocenters. The zero-order valence-electron chi connectivity index (χ0n) is 13.0. The number of ether oxygens (including phenoxy) is 2. The molecule has 23 heavy (non-hydrogen) atoms. The average Bonchev–Trinajstić information content (AvgIpc) is 2.53. The summed E-state index contributed by atoms with van der Waals surface area (Å²) in [5, 5.41) is 2.79. The number of amides is 1. The van der Waals surface area contributed by atoms with Gasteiger partial charge in [-0.3, -0.25) is 4.79 Å². The van der Waals surface area contributed by atoms with Gasteiger partial charge in [0.1, 0.15) is 5.82 Å². The van der Waals surface area contributed by atoms with Crippen LogP contribution in [0, 0.1) is 5.82 Å². The van der Waals surface area contributed by atoms with E-state index in [1.165, 1.54) is 25.3 Å². The Morgan fingerprint density at radius 2 is 1.87 bits per heavy atom. The molecular formula is C17H17ClFNO3. The summed E-state index contributed by atoms with van der Waals surface area (Å²) in [5.41, 5.74) is 0.630. The van der Waals surface area contributed by atoms with Gasteiger partial charge < -0.3 is 14.8 Å². The molecule has 1 N–H and O–H groups in total. The van der Waals surface area contributed by atoms with Gasteiger partial charge in [0.25, 0.3) is 5.91 Å². The van der Waals surface area contributed by atoms with E-state index in [1.54, 1.807) is 32.2 Å². The van der Waals surface area contributed by atoms with Crippen LogP contribution in [-0.4, -0.2) is 20.1 Å². The van der Waals surface area contributed by atoms with Crippen molar-refractivity contribution in [2.24, 2.45) is 0 Å². The highest BCUT2D eigenvalue weighted by atomic mass is 35.5. The number of methoxy groups -OCH3 is 2. The van der Waals surface area contributed by atoms with Crippen LogP contribution in [0.5, 0.6) is 11.5 Å². The van der Waals surface area contributed by atoms with Crippen molar-refractivity contribution in [1.82, 2.24) is 5.32 Å². The molecule has 6 heteroatoms. The van der Waals surface area contributed by atoms with E-state index in [2.05, 4.69) is 5.32 Å². The van der Waals surface area contributed by atoms with Gasteiger partial charge in [0, 0.05) is 0 Å². The molecule has 0 fully saturated rings. The molecule has 0 aromatic heterocycles. The summed E-state index contributed by atoms with van der Waals surface area (Å²) in [5.74, 6) is -0.0909. The quantitative estimate of drug-likeness (QED) is 0.897. The first-order chi connectivity index (χ1) is 11.0. The van der Waals surface area contributed by atoms with E-state index in [1.807, 2.05) is 0 Å². The van der Waals surface area contributed by atoms with Gasteiger partial charge in [0.15, 0.2) is 11.5 Å². The summed E-state index contributed by atoms with van der Waals surface area (Å²) >= 11 is 5.90. The van der Waals surface area contributed by atoms with Crippen LogP contribution in [0.25, 0.3) is 0 Å². The minimum atomic E-state index is -0.658. The zero-order valence-corrected chi connectivity index (χ0v) is 13.8. The van der Waals surface area contributed by atoms with E-state index >= 15 is 0 Å². The summed E-state index contributed by atoms with van der Waals surface area (Å²) in [7, 11) is 3.08. The molecule has 2 aromatic rings. The third kappa shape index (κ3) is 3.74. The van der Waals surface area contributed by atoms with Gasteiger partial charge in [-0.25, -0.2) is 4.39 Å². The van der Waals surface area contributed by atoms with E-state index in [-0.39, 0.29) is 16.6 Å². The number of benzene rings is 2. The van der Waals surface area contributed by atoms with E-state index < -0.39 is 11.7 Å². The Labute approximate surface area is 139 Å². The van der Waals surface area contributed by atoms with Crippen molar-refractivity contribution >= 4 is 17.5 Å². The molecule has 0 saturated carbocycles. The van der Waals surface area contributed by atoms with Crippen LogP contribution in [0.15, 0.2) is 36.4 Å². The molecule has 0 saturated heterocycles. The Morgan fingerprint density at radius 3 is 2.48 bits per heavy atom. The largest absolute Gasteiger partial charge is 0.493 e. The van der Waals surface area contributed by atoms with Crippen molar-refractivity contribution in [3.8, 4) is 11.5 Å². The molecule has 0 aliphatic carbocycles.